The molecule has 2 atom stereocenters. The van der Waals surface area contributed by atoms with Crippen LogP contribution in [0.5, 0.6) is 5.75 Å². The maximum absolute atomic E-state index is 12.0. The maximum atomic E-state index is 12.0. The van der Waals surface area contributed by atoms with Gasteiger partial charge in [0.2, 0.25) is 0 Å². The fraction of sp³-hybridized carbons (Fsp3) is 0.471. The predicted octanol–water partition coefficient (Wildman–Crippen LogP) is 2.09. The number of rotatable bonds is 4. The molecule has 1 fully saturated rings. The number of hydrogen-bond acceptors (Lipinski definition) is 6. The predicted molar refractivity (Wildman–Crippen MR) is 90.1 cm³/mol. The van der Waals surface area contributed by atoms with E-state index < -0.39 is 0 Å². The Hall–Kier alpha value is -2.41. The van der Waals surface area contributed by atoms with Gasteiger partial charge in [-0.15, -0.1) is 5.10 Å². The summed E-state index contributed by atoms with van der Waals surface area (Å²) in [6.07, 6.45) is 0.153. The third-order valence-electron chi connectivity index (χ3n) is 4.02. The molecule has 128 valence electrons. The lowest BCUT2D eigenvalue weighted by Crippen LogP contribution is -2.46. The van der Waals surface area contributed by atoms with Gasteiger partial charge in [-0.05, 0) is 38.1 Å². The second kappa shape index (κ2) is 6.60. The number of ketones is 1. The van der Waals surface area contributed by atoms with E-state index in [9.17, 15) is 4.79 Å². The van der Waals surface area contributed by atoms with Crippen LogP contribution < -0.4 is 9.64 Å². The van der Waals surface area contributed by atoms with E-state index >= 15 is 0 Å². The highest BCUT2D eigenvalue weighted by atomic mass is 16.5. The average molecular weight is 330 g/mol. The minimum absolute atomic E-state index is 0.0766. The maximum Gasteiger partial charge on any atom is 0.183 e. The Morgan fingerprint density at radius 1 is 1.21 bits per heavy atom. The molecule has 0 N–H and O–H groups in total. The number of hydrogen-bond donors (Lipinski definition) is 0. The van der Waals surface area contributed by atoms with Crippen molar-refractivity contribution in [3.8, 4) is 11.4 Å². The zero-order chi connectivity index (χ0) is 17.3. The van der Waals surface area contributed by atoms with Crippen LogP contribution in [0.4, 0.5) is 5.82 Å². The summed E-state index contributed by atoms with van der Waals surface area (Å²) in [4.78, 5) is 14.1. The summed E-state index contributed by atoms with van der Waals surface area (Å²) >= 11 is 0. The number of anilines is 1. The molecule has 3 rings (SSSR count). The van der Waals surface area contributed by atoms with E-state index in [0.29, 0.717) is 18.8 Å². The highest BCUT2D eigenvalue weighted by Crippen LogP contribution is 2.27. The van der Waals surface area contributed by atoms with Crippen LogP contribution in [-0.4, -0.2) is 53.2 Å². The molecule has 0 radical (unpaired) electrons. The van der Waals surface area contributed by atoms with Crippen molar-refractivity contribution in [2.24, 2.45) is 0 Å². The van der Waals surface area contributed by atoms with E-state index in [1.54, 1.807) is 11.8 Å². The van der Waals surface area contributed by atoms with Crippen LogP contribution in [0, 0.1) is 0 Å². The van der Waals surface area contributed by atoms with Crippen molar-refractivity contribution >= 4 is 11.6 Å². The summed E-state index contributed by atoms with van der Waals surface area (Å²) in [6, 6.07) is 7.51. The Balaban J connectivity index is 2.05. The number of aromatic nitrogens is 3. The Bertz CT molecular complexity index is 716. The van der Waals surface area contributed by atoms with E-state index in [4.69, 9.17) is 9.47 Å². The molecule has 2 unspecified atom stereocenters. The minimum atomic E-state index is -0.100. The van der Waals surface area contributed by atoms with Gasteiger partial charge in [0.15, 0.2) is 17.3 Å². The van der Waals surface area contributed by atoms with Crippen molar-refractivity contribution in [2.75, 3.05) is 25.1 Å². The van der Waals surface area contributed by atoms with Gasteiger partial charge in [-0.25, -0.2) is 0 Å². The molecule has 0 amide bonds. The second-order valence-electron chi connectivity index (χ2n) is 6.09. The minimum Gasteiger partial charge on any atom is -0.497 e. The summed E-state index contributed by atoms with van der Waals surface area (Å²) in [5, 5.41) is 8.32. The van der Waals surface area contributed by atoms with Gasteiger partial charge in [0.05, 0.1) is 25.0 Å². The second-order valence-corrected chi connectivity index (χ2v) is 6.09. The molecule has 2 heterocycles. The number of Topliss-reactive ketones (excluding diaryl/α,β-unsaturated/α-hetero) is 1. The van der Waals surface area contributed by atoms with Gasteiger partial charge in [0.25, 0.3) is 0 Å². The summed E-state index contributed by atoms with van der Waals surface area (Å²) < 4.78 is 12.7. The van der Waals surface area contributed by atoms with E-state index in [2.05, 4.69) is 15.2 Å². The molecule has 0 bridgehead atoms. The lowest BCUT2D eigenvalue weighted by Gasteiger charge is -2.36. The van der Waals surface area contributed by atoms with Crippen molar-refractivity contribution in [1.29, 1.82) is 0 Å². The fourth-order valence-corrected chi connectivity index (χ4v) is 3.04. The summed E-state index contributed by atoms with van der Waals surface area (Å²) in [5.41, 5.74) is 1.21. The van der Waals surface area contributed by atoms with Crippen molar-refractivity contribution in [1.82, 2.24) is 15.0 Å². The Kier molecular flexibility index (Phi) is 4.53. The van der Waals surface area contributed by atoms with Crippen LogP contribution in [0.15, 0.2) is 24.3 Å². The van der Waals surface area contributed by atoms with Gasteiger partial charge in [0.1, 0.15) is 5.75 Å². The number of carbonyl (C=O) groups excluding carboxylic acids is 1. The first-order valence-corrected chi connectivity index (χ1v) is 8.01. The van der Waals surface area contributed by atoms with Crippen LogP contribution in [0.1, 0.15) is 31.3 Å². The topological polar surface area (TPSA) is 69.5 Å². The van der Waals surface area contributed by atoms with Gasteiger partial charge in [0, 0.05) is 20.0 Å². The van der Waals surface area contributed by atoms with Crippen LogP contribution in [0.25, 0.3) is 5.69 Å². The molecule has 7 nitrogen and oxygen atoms in total. The largest absolute Gasteiger partial charge is 0.497 e. The third kappa shape index (κ3) is 3.12. The van der Waals surface area contributed by atoms with Gasteiger partial charge in [-0.2, -0.15) is 4.68 Å². The molecule has 24 heavy (non-hydrogen) atoms. The zero-order valence-corrected chi connectivity index (χ0v) is 14.4. The molecule has 0 saturated carbocycles. The van der Waals surface area contributed by atoms with E-state index in [1.165, 1.54) is 6.92 Å². The lowest BCUT2D eigenvalue weighted by molar-refractivity contribution is -0.00563. The molecule has 0 spiro atoms. The van der Waals surface area contributed by atoms with Gasteiger partial charge >= 0.3 is 0 Å². The molecular weight excluding hydrogens is 308 g/mol. The summed E-state index contributed by atoms with van der Waals surface area (Å²) in [5.74, 6) is 1.38. The molecule has 1 aliphatic rings. The standard InChI is InChI=1S/C17H22N4O3/c1-11-9-20(10-12(2)24-11)17-16(13(3)22)18-19-21(17)14-5-7-15(23-4)8-6-14/h5-8,11-12H,9-10H2,1-4H3. The van der Waals surface area contributed by atoms with Crippen LogP contribution in [0.3, 0.4) is 0 Å². The molecule has 1 saturated heterocycles. The van der Waals surface area contributed by atoms with Crippen LogP contribution in [0.2, 0.25) is 0 Å². The van der Waals surface area contributed by atoms with E-state index in [-0.39, 0.29) is 18.0 Å². The average Bonchev–Trinajstić information content (AvgIpc) is 2.99. The molecule has 2 aromatic rings. The van der Waals surface area contributed by atoms with Crippen LogP contribution >= 0.6 is 0 Å². The molecule has 1 aromatic carbocycles. The summed E-state index contributed by atoms with van der Waals surface area (Å²) in [6.45, 7) is 6.94. The Morgan fingerprint density at radius 3 is 2.38 bits per heavy atom. The number of morpholine rings is 1. The number of methoxy groups -OCH3 is 1. The van der Waals surface area contributed by atoms with E-state index in [0.717, 1.165) is 17.3 Å². The molecule has 1 aliphatic heterocycles. The highest BCUT2D eigenvalue weighted by molar-refractivity contribution is 5.97. The summed E-state index contributed by atoms with van der Waals surface area (Å²) in [7, 11) is 1.63. The first-order chi connectivity index (χ1) is 11.5. The van der Waals surface area contributed by atoms with Crippen molar-refractivity contribution in [3.05, 3.63) is 30.0 Å². The lowest BCUT2D eigenvalue weighted by atomic mass is 10.2. The molecule has 0 aliphatic carbocycles. The fourth-order valence-electron chi connectivity index (χ4n) is 3.04. The first kappa shape index (κ1) is 16.4. The number of nitrogens with zero attached hydrogens (tertiary/aromatic N) is 4. The first-order valence-electron chi connectivity index (χ1n) is 8.01. The van der Waals surface area contributed by atoms with Crippen LogP contribution in [-0.2, 0) is 4.74 Å². The molecule has 7 heteroatoms. The number of carbonyl (C=O) groups is 1. The third-order valence-corrected chi connectivity index (χ3v) is 4.02. The Labute approximate surface area is 141 Å². The van der Waals surface area contributed by atoms with Crippen molar-refractivity contribution < 1.29 is 14.3 Å². The monoisotopic (exact) mass is 330 g/mol. The van der Waals surface area contributed by atoms with E-state index in [1.807, 2.05) is 38.1 Å². The number of ether oxygens (including phenoxy) is 2. The molecular formula is C17H22N4O3. The number of benzene rings is 1. The molecule has 1 aromatic heterocycles. The Morgan fingerprint density at radius 2 is 1.83 bits per heavy atom. The zero-order valence-electron chi connectivity index (χ0n) is 14.4. The van der Waals surface area contributed by atoms with Gasteiger partial charge in [-0.3, -0.25) is 4.79 Å². The van der Waals surface area contributed by atoms with Gasteiger partial charge in [-0.1, -0.05) is 5.21 Å². The van der Waals surface area contributed by atoms with Crippen molar-refractivity contribution in [2.45, 2.75) is 33.0 Å². The highest BCUT2D eigenvalue weighted by Gasteiger charge is 2.29. The van der Waals surface area contributed by atoms with Gasteiger partial charge < -0.3 is 14.4 Å². The smallest absolute Gasteiger partial charge is 0.183 e. The quantitative estimate of drug-likeness (QED) is 0.800. The normalized spacial score (nSPS) is 20.9. The van der Waals surface area contributed by atoms with Crippen molar-refractivity contribution in [3.63, 3.8) is 0 Å². The SMILES string of the molecule is COc1ccc(-n2nnc(C(C)=O)c2N2CC(C)OC(C)C2)cc1.